The summed E-state index contributed by atoms with van der Waals surface area (Å²) in [5.74, 6) is -0.166. The Morgan fingerprint density at radius 2 is 2.00 bits per heavy atom. The van der Waals surface area contributed by atoms with Crippen molar-refractivity contribution in [3.63, 3.8) is 0 Å². The molecule has 7 nitrogen and oxygen atoms in total. The molecule has 1 fully saturated rings. The summed E-state index contributed by atoms with van der Waals surface area (Å²) in [6, 6.07) is 8.49. The SMILES string of the molecule is N=C(N)N1CCC[C@H]1c1nc(-c2ccc(OCCCc3ccc(Cl)c(Cl)c3)c(C(F)(F)F)c2)no1. The molecule has 0 spiro atoms. The van der Waals surface area contributed by atoms with Crippen LogP contribution < -0.4 is 10.5 Å². The van der Waals surface area contributed by atoms with Crippen molar-refractivity contribution < 1.29 is 22.4 Å². The van der Waals surface area contributed by atoms with Gasteiger partial charge in [0.2, 0.25) is 11.7 Å². The second-order valence-corrected chi connectivity index (χ2v) is 8.92. The van der Waals surface area contributed by atoms with Gasteiger partial charge in [-0.1, -0.05) is 34.4 Å². The fourth-order valence-corrected chi connectivity index (χ4v) is 4.29. The number of aromatic nitrogens is 2. The van der Waals surface area contributed by atoms with Crippen LogP contribution in [-0.4, -0.2) is 34.2 Å². The van der Waals surface area contributed by atoms with Crippen LogP contribution in [0.15, 0.2) is 40.9 Å². The number of rotatable bonds is 7. The molecule has 0 amide bonds. The van der Waals surface area contributed by atoms with Gasteiger partial charge in [-0.2, -0.15) is 18.2 Å². The average molecular weight is 528 g/mol. The molecule has 12 heteroatoms. The number of likely N-dealkylation sites (tertiary alicyclic amines) is 1. The van der Waals surface area contributed by atoms with Crippen LogP contribution >= 0.6 is 23.2 Å². The molecule has 35 heavy (non-hydrogen) atoms. The summed E-state index contributed by atoms with van der Waals surface area (Å²) in [7, 11) is 0. The van der Waals surface area contributed by atoms with Gasteiger partial charge in [0.15, 0.2) is 5.96 Å². The number of guanidine groups is 1. The fraction of sp³-hybridized carbons (Fsp3) is 0.348. The third-order valence-corrected chi connectivity index (χ3v) is 6.42. The Bertz CT molecular complexity index is 1220. The van der Waals surface area contributed by atoms with Gasteiger partial charge in [0.25, 0.3) is 0 Å². The van der Waals surface area contributed by atoms with E-state index in [1.54, 1.807) is 17.0 Å². The fourth-order valence-electron chi connectivity index (χ4n) is 3.97. The van der Waals surface area contributed by atoms with Crippen LogP contribution in [0.4, 0.5) is 13.2 Å². The Labute approximate surface area is 209 Å². The molecule has 0 radical (unpaired) electrons. The molecule has 186 valence electrons. The third-order valence-electron chi connectivity index (χ3n) is 5.68. The highest BCUT2D eigenvalue weighted by molar-refractivity contribution is 6.42. The van der Waals surface area contributed by atoms with Crippen molar-refractivity contribution in [2.45, 2.75) is 37.9 Å². The monoisotopic (exact) mass is 527 g/mol. The van der Waals surface area contributed by atoms with Gasteiger partial charge in [0.1, 0.15) is 11.8 Å². The van der Waals surface area contributed by atoms with Crippen molar-refractivity contribution >= 4 is 29.2 Å². The molecule has 3 aromatic rings. The molecule has 4 rings (SSSR count). The highest BCUT2D eigenvalue weighted by Gasteiger charge is 2.36. The molecule has 0 aliphatic carbocycles. The number of nitrogens with one attached hydrogen (secondary N) is 1. The van der Waals surface area contributed by atoms with Gasteiger partial charge in [-0.15, -0.1) is 0 Å². The lowest BCUT2D eigenvalue weighted by molar-refractivity contribution is -0.138. The first kappa shape index (κ1) is 25.1. The first-order chi connectivity index (χ1) is 16.6. The summed E-state index contributed by atoms with van der Waals surface area (Å²) in [5, 5.41) is 12.4. The number of benzene rings is 2. The molecule has 0 bridgehead atoms. The molecular formula is C23H22Cl2F3N5O2. The lowest BCUT2D eigenvalue weighted by Gasteiger charge is -2.21. The van der Waals surface area contributed by atoms with Crippen molar-refractivity contribution in [3.8, 4) is 17.1 Å². The maximum Gasteiger partial charge on any atom is 0.419 e. The Hall–Kier alpha value is -2.98. The molecule has 2 heterocycles. The minimum Gasteiger partial charge on any atom is -0.493 e. The number of nitrogens with zero attached hydrogens (tertiary/aromatic N) is 3. The molecule has 3 N–H and O–H groups in total. The first-order valence-electron chi connectivity index (χ1n) is 10.9. The van der Waals surface area contributed by atoms with E-state index in [-0.39, 0.29) is 41.6 Å². The summed E-state index contributed by atoms with van der Waals surface area (Å²) in [5.41, 5.74) is 5.72. The second kappa shape index (κ2) is 10.3. The van der Waals surface area contributed by atoms with E-state index < -0.39 is 11.7 Å². The molecular weight excluding hydrogens is 506 g/mol. The predicted octanol–water partition coefficient (Wildman–Crippen LogP) is 6.10. The second-order valence-electron chi connectivity index (χ2n) is 8.10. The van der Waals surface area contributed by atoms with Crippen LogP contribution in [0, 0.1) is 5.41 Å². The number of hydrogen-bond donors (Lipinski definition) is 2. The van der Waals surface area contributed by atoms with Gasteiger partial charge in [0.05, 0.1) is 22.2 Å². The average Bonchev–Trinajstić information content (AvgIpc) is 3.48. The molecule has 1 aromatic heterocycles. The minimum atomic E-state index is -4.64. The Balaban J connectivity index is 1.47. The normalized spacial score (nSPS) is 16.0. The van der Waals surface area contributed by atoms with E-state index in [1.165, 1.54) is 12.1 Å². The van der Waals surface area contributed by atoms with Gasteiger partial charge in [0, 0.05) is 12.1 Å². The van der Waals surface area contributed by atoms with Crippen LogP contribution in [0.5, 0.6) is 5.75 Å². The van der Waals surface area contributed by atoms with Crippen molar-refractivity contribution in [3.05, 3.63) is 63.5 Å². The molecule has 1 aliphatic rings. The Kier molecular flexibility index (Phi) is 7.42. The van der Waals surface area contributed by atoms with Gasteiger partial charge < -0.3 is 19.9 Å². The largest absolute Gasteiger partial charge is 0.493 e. The van der Waals surface area contributed by atoms with Crippen molar-refractivity contribution in [1.29, 1.82) is 5.41 Å². The van der Waals surface area contributed by atoms with E-state index >= 15 is 0 Å². The molecule has 1 saturated heterocycles. The van der Waals surface area contributed by atoms with Crippen LogP contribution in [0.3, 0.4) is 0 Å². The number of hydrogen-bond acceptors (Lipinski definition) is 5. The molecule has 0 unspecified atom stereocenters. The summed E-state index contributed by atoms with van der Waals surface area (Å²) in [4.78, 5) is 5.89. The Morgan fingerprint density at radius 3 is 2.71 bits per heavy atom. The number of nitrogens with two attached hydrogens (primary N) is 1. The van der Waals surface area contributed by atoms with Crippen LogP contribution in [0.25, 0.3) is 11.4 Å². The predicted molar refractivity (Wildman–Crippen MR) is 126 cm³/mol. The quantitative estimate of drug-likeness (QED) is 0.218. The van der Waals surface area contributed by atoms with E-state index in [0.717, 1.165) is 18.1 Å². The molecule has 1 atom stereocenters. The maximum atomic E-state index is 13.8. The van der Waals surface area contributed by atoms with E-state index in [2.05, 4.69) is 10.1 Å². The van der Waals surface area contributed by atoms with Crippen LogP contribution in [0.1, 0.15) is 42.3 Å². The zero-order valence-corrected chi connectivity index (χ0v) is 19.9. The smallest absolute Gasteiger partial charge is 0.419 e. The van der Waals surface area contributed by atoms with Crippen molar-refractivity contribution in [1.82, 2.24) is 15.0 Å². The minimum absolute atomic E-state index is 0.0204. The maximum absolute atomic E-state index is 13.8. The lowest BCUT2D eigenvalue weighted by Crippen LogP contribution is -2.35. The summed E-state index contributed by atoms with van der Waals surface area (Å²) in [6.45, 7) is 0.657. The summed E-state index contributed by atoms with van der Waals surface area (Å²) >= 11 is 11.9. The summed E-state index contributed by atoms with van der Waals surface area (Å²) < 4.78 is 52.1. The topological polar surface area (TPSA) is 101 Å². The third kappa shape index (κ3) is 5.82. The molecule has 0 saturated carbocycles. The zero-order valence-electron chi connectivity index (χ0n) is 18.4. The highest BCUT2D eigenvalue weighted by atomic mass is 35.5. The van der Waals surface area contributed by atoms with E-state index in [4.69, 9.17) is 43.6 Å². The standard InChI is InChI=1S/C23H22Cl2F3N5O2/c24-16-7-5-13(11-17(16)25)3-2-10-34-19-8-6-14(12-15(19)23(26,27)28)20-31-21(35-32-20)18-4-1-9-33(18)22(29)30/h5-8,11-12,18H,1-4,9-10H2,(H3,29,30)/t18-/m0/s1. The van der Waals surface area contributed by atoms with Crippen LogP contribution in [0.2, 0.25) is 10.0 Å². The molecule has 1 aliphatic heterocycles. The van der Waals surface area contributed by atoms with E-state index in [0.29, 0.717) is 35.9 Å². The number of alkyl halides is 3. The van der Waals surface area contributed by atoms with E-state index in [9.17, 15) is 13.2 Å². The van der Waals surface area contributed by atoms with Gasteiger partial charge in [-0.25, -0.2) is 0 Å². The number of aryl methyl sites for hydroxylation is 1. The molecule has 2 aromatic carbocycles. The first-order valence-corrected chi connectivity index (χ1v) is 11.6. The Morgan fingerprint density at radius 1 is 1.20 bits per heavy atom. The van der Waals surface area contributed by atoms with Crippen LogP contribution in [-0.2, 0) is 12.6 Å². The summed E-state index contributed by atoms with van der Waals surface area (Å²) in [6.07, 6.45) is -2.14. The number of halogens is 5. The van der Waals surface area contributed by atoms with Gasteiger partial charge in [-0.3, -0.25) is 5.41 Å². The number of ether oxygens (including phenoxy) is 1. The lowest BCUT2D eigenvalue weighted by atomic mass is 10.1. The van der Waals surface area contributed by atoms with Gasteiger partial charge >= 0.3 is 6.18 Å². The van der Waals surface area contributed by atoms with E-state index in [1.807, 2.05) is 6.07 Å². The van der Waals surface area contributed by atoms with Crippen molar-refractivity contribution in [2.75, 3.05) is 13.2 Å². The van der Waals surface area contributed by atoms with Crippen molar-refractivity contribution in [2.24, 2.45) is 5.73 Å². The highest BCUT2D eigenvalue weighted by Crippen LogP contribution is 2.39. The van der Waals surface area contributed by atoms with Gasteiger partial charge in [-0.05, 0) is 61.6 Å². The zero-order chi connectivity index (χ0) is 25.2.